The number of hydrogen-bond donors (Lipinski definition) is 3. The van der Waals surface area contributed by atoms with Gasteiger partial charge in [0, 0.05) is 12.1 Å². The molecular weight excluding hydrogens is 174 g/mol. The van der Waals surface area contributed by atoms with Gasteiger partial charge in [0.2, 0.25) is 0 Å². The maximum Gasteiger partial charge on any atom is 0.0521 e. The van der Waals surface area contributed by atoms with Crippen LogP contribution in [-0.2, 0) is 0 Å². The molecule has 4 N–H and O–H groups in total. The first-order valence-electron chi connectivity index (χ1n) is 4.50. The molecule has 0 spiro atoms. The van der Waals surface area contributed by atoms with Crippen LogP contribution in [-0.4, -0.2) is 5.71 Å². The standard InChI is InChI=1S/C11H15N3/c1-9(12)7-8-11(14-13)10-5-3-2-4-6-10/h2-6,8,12,14H,7,13H2,1H3/b11-8-,12-9?. The van der Waals surface area contributed by atoms with Gasteiger partial charge in [-0.2, -0.15) is 0 Å². The van der Waals surface area contributed by atoms with E-state index in [9.17, 15) is 0 Å². The summed E-state index contributed by atoms with van der Waals surface area (Å²) in [4.78, 5) is 0. The van der Waals surface area contributed by atoms with E-state index in [1.54, 1.807) is 6.92 Å². The number of hydrazine groups is 1. The van der Waals surface area contributed by atoms with Crippen LogP contribution in [0.5, 0.6) is 0 Å². The van der Waals surface area contributed by atoms with Gasteiger partial charge in [0.15, 0.2) is 0 Å². The van der Waals surface area contributed by atoms with Gasteiger partial charge in [0.1, 0.15) is 0 Å². The maximum absolute atomic E-state index is 7.31. The number of nitrogens with one attached hydrogen (secondary N) is 2. The molecule has 0 unspecified atom stereocenters. The lowest BCUT2D eigenvalue weighted by atomic mass is 10.1. The van der Waals surface area contributed by atoms with E-state index in [0.717, 1.165) is 11.3 Å². The first-order valence-corrected chi connectivity index (χ1v) is 4.50. The second kappa shape index (κ2) is 5.19. The predicted molar refractivity (Wildman–Crippen MR) is 59.8 cm³/mol. The highest BCUT2D eigenvalue weighted by Crippen LogP contribution is 2.10. The lowest BCUT2D eigenvalue weighted by Gasteiger charge is -2.06. The number of rotatable bonds is 4. The number of hydrogen-bond acceptors (Lipinski definition) is 3. The Morgan fingerprint density at radius 3 is 2.57 bits per heavy atom. The topological polar surface area (TPSA) is 61.9 Å². The molecule has 0 radical (unpaired) electrons. The zero-order chi connectivity index (χ0) is 10.4. The van der Waals surface area contributed by atoms with E-state index in [1.807, 2.05) is 36.4 Å². The van der Waals surface area contributed by atoms with Gasteiger partial charge in [-0.25, -0.2) is 0 Å². The molecule has 0 heterocycles. The van der Waals surface area contributed by atoms with Gasteiger partial charge in [-0.1, -0.05) is 36.4 Å². The van der Waals surface area contributed by atoms with E-state index in [-0.39, 0.29) is 0 Å². The molecule has 0 fully saturated rings. The molecule has 74 valence electrons. The highest BCUT2D eigenvalue weighted by atomic mass is 15.2. The Morgan fingerprint density at radius 2 is 2.07 bits per heavy atom. The molecule has 0 aliphatic carbocycles. The van der Waals surface area contributed by atoms with Crippen molar-refractivity contribution in [2.75, 3.05) is 0 Å². The highest BCUT2D eigenvalue weighted by Gasteiger charge is 1.97. The van der Waals surface area contributed by atoms with Gasteiger partial charge in [-0.05, 0) is 12.5 Å². The molecule has 3 nitrogen and oxygen atoms in total. The Morgan fingerprint density at radius 1 is 1.43 bits per heavy atom. The van der Waals surface area contributed by atoms with Gasteiger partial charge in [-0.15, -0.1) is 0 Å². The molecule has 1 aromatic carbocycles. The van der Waals surface area contributed by atoms with Crippen molar-refractivity contribution in [3.05, 3.63) is 42.0 Å². The van der Waals surface area contributed by atoms with E-state index in [4.69, 9.17) is 11.3 Å². The van der Waals surface area contributed by atoms with Crippen molar-refractivity contribution in [1.29, 1.82) is 5.41 Å². The molecule has 14 heavy (non-hydrogen) atoms. The van der Waals surface area contributed by atoms with E-state index in [1.165, 1.54) is 0 Å². The van der Waals surface area contributed by atoms with Crippen molar-refractivity contribution in [3.8, 4) is 0 Å². The van der Waals surface area contributed by atoms with Crippen LogP contribution in [0.4, 0.5) is 0 Å². The Balaban J connectivity index is 2.82. The zero-order valence-corrected chi connectivity index (χ0v) is 8.25. The average Bonchev–Trinajstić information content (AvgIpc) is 2.20. The fourth-order valence-electron chi connectivity index (χ4n) is 1.13. The maximum atomic E-state index is 7.31. The van der Waals surface area contributed by atoms with E-state index in [2.05, 4.69) is 5.43 Å². The summed E-state index contributed by atoms with van der Waals surface area (Å²) in [7, 11) is 0. The fraction of sp³-hybridized carbons (Fsp3) is 0.182. The third-order valence-electron chi connectivity index (χ3n) is 1.85. The molecule has 0 amide bonds. The molecule has 0 bridgehead atoms. The van der Waals surface area contributed by atoms with Gasteiger partial charge in [0.25, 0.3) is 0 Å². The Kier molecular flexibility index (Phi) is 3.88. The summed E-state index contributed by atoms with van der Waals surface area (Å²) in [6, 6.07) is 9.82. The zero-order valence-electron chi connectivity index (χ0n) is 8.25. The minimum absolute atomic E-state index is 0.619. The second-order valence-corrected chi connectivity index (χ2v) is 3.11. The van der Waals surface area contributed by atoms with Crippen LogP contribution in [0.3, 0.4) is 0 Å². The minimum atomic E-state index is 0.619. The monoisotopic (exact) mass is 189 g/mol. The minimum Gasteiger partial charge on any atom is -0.324 e. The predicted octanol–water partition coefficient (Wildman–Crippen LogP) is 1.92. The lowest BCUT2D eigenvalue weighted by Crippen LogP contribution is -2.20. The van der Waals surface area contributed by atoms with Crippen LogP contribution in [0, 0.1) is 5.41 Å². The SMILES string of the molecule is CC(=N)C/C=C(\NN)c1ccccc1. The van der Waals surface area contributed by atoms with Crippen LogP contribution < -0.4 is 11.3 Å². The summed E-state index contributed by atoms with van der Waals surface area (Å²) in [6.07, 6.45) is 2.53. The Hall–Kier alpha value is -1.61. The fourth-order valence-corrected chi connectivity index (χ4v) is 1.13. The van der Waals surface area contributed by atoms with Gasteiger partial charge >= 0.3 is 0 Å². The summed E-state index contributed by atoms with van der Waals surface area (Å²) < 4.78 is 0. The molecule has 0 saturated carbocycles. The van der Waals surface area contributed by atoms with Crippen molar-refractivity contribution >= 4 is 11.4 Å². The summed E-state index contributed by atoms with van der Waals surface area (Å²) in [6.45, 7) is 1.77. The molecule has 0 atom stereocenters. The normalized spacial score (nSPS) is 11.1. The molecule has 0 aliphatic rings. The first-order chi connectivity index (χ1) is 6.74. The average molecular weight is 189 g/mol. The molecule has 0 saturated heterocycles. The summed E-state index contributed by atoms with van der Waals surface area (Å²) in [5.74, 6) is 5.40. The van der Waals surface area contributed by atoms with E-state index < -0.39 is 0 Å². The third kappa shape index (κ3) is 3.03. The smallest absolute Gasteiger partial charge is 0.0521 e. The van der Waals surface area contributed by atoms with Crippen molar-refractivity contribution in [2.24, 2.45) is 5.84 Å². The van der Waals surface area contributed by atoms with Crippen LogP contribution in [0.25, 0.3) is 5.70 Å². The number of benzene rings is 1. The summed E-state index contributed by atoms with van der Waals surface area (Å²) in [5, 5.41) is 7.31. The third-order valence-corrected chi connectivity index (χ3v) is 1.85. The van der Waals surface area contributed by atoms with Crippen LogP contribution in [0.1, 0.15) is 18.9 Å². The van der Waals surface area contributed by atoms with Gasteiger partial charge < -0.3 is 10.8 Å². The van der Waals surface area contributed by atoms with Gasteiger partial charge in [0.05, 0.1) is 5.70 Å². The summed E-state index contributed by atoms with van der Waals surface area (Å²) >= 11 is 0. The number of nitrogens with two attached hydrogens (primary N) is 1. The summed E-state index contributed by atoms with van der Waals surface area (Å²) in [5.41, 5.74) is 5.15. The lowest BCUT2D eigenvalue weighted by molar-refractivity contribution is 0.986. The van der Waals surface area contributed by atoms with Crippen molar-refractivity contribution in [1.82, 2.24) is 5.43 Å². The van der Waals surface area contributed by atoms with Crippen LogP contribution in [0.15, 0.2) is 36.4 Å². The van der Waals surface area contributed by atoms with Crippen LogP contribution in [0.2, 0.25) is 0 Å². The van der Waals surface area contributed by atoms with Crippen molar-refractivity contribution in [2.45, 2.75) is 13.3 Å². The molecule has 3 heteroatoms. The molecule has 1 rings (SSSR count). The van der Waals surface area contributed by atoms with Crippen molar-refractivity contribution in [3.63, 3.8) is 0 Å². The van der Waals surface area contributed by atoms with E-state index >= 15 is 0 Å². The first kappa shape index (κ1) is 10.5. The Bertz CT molecular complexity index is 328. The van der Waals surface area contributed by atoms with Crippen LogP contribution >= 0.6 is 0 Å². The molecule has 0 aliphatic heterocycles. The van der Waals surface area contributed by atoms with Crippen molar-refractivity contribution < 1.29 is 0 Å². The Labute approximate surface area is 84.1 Å². The largest absolute Gasteiger partial charge is 0.324 e. The second-order valence-electron chi connectivity index (χ2n) is 3.11. The van der Waals surface area contributed by atoms with Gasteiger partial charge in [-0.3, -0.25) is 5.84 Å². The highest BCUT2D eigenvalue weighted by molar-refractivity contribution is 5.82. The van der Waals surface area contributed by atoms with E-state index in [0.29, 0.717) is 12.1 Å². The molecular formula is C11H15N3. The quantitative estimate of drug-likeness (QED) is 0.385. The molecule has 0 aromatic heterocycles. The molecule has 1 aromatic rings. The number of allylic oxidation sites excluding steroid dienone is 1.